The summed E-state index contributed by atoms with van der Waals surface area (Å²) in [5, 5.41) is 2.67. The third-order valence-corrected chi connectivity index (χ3v) is 7.41. The van der Waals surface area contributed by atoms with Crippen molar-refractivity contribution in [2.75, 3.05) is 16.8 Å². The average Bonchev–Trinajstić information content (AvgIpc) is 2.82. The molecule has 0 unspecified atom stereocenters. The number of unbranched alkanes of at least 4 members (excludes halogenated alkanes) is 1. The standard InChI is InChI=1S/C25H22N2O5S/c1-2-3-14-33(31,32)16-10-8-15(9-11-16)25(30)27-20-13-12-19(26)21-22(20)24(29)18-7-5-4-6-17(18)23(21)28/h4-13H,2-3,14,26H2,1H3,(H,27,30). The molecule has 7 nitrogen and oxygen atoms in total. The van der Waals surface area contributed by atoms with Crippen molar-refractivity contribution in [2.24, 2.45) is 0 Å². The first kappa shape index (κ1) is 22.4. The fraction of sp³-hybridized carbons (Fsp3) is 0.160. The molecule has 0 radical (unpaired) electrons. The van der Waals surface area contributed by atoms with E-state index in [0.717, 1.165) is 6.42 Å². The number of nitrogens with one attached hydrogen (secondary N) is 1. The van der Waals surface area contributed by atoms with Gasteiger partial charge < -0.3 is 11.1 Å². The molecule has 8 heteroatoms. The Hall–Kier alpha value is -3.78. The fourth-order valence-corrected chi connectivity index (χ4v) is 5.27. The van der Waals surface area contributed by atoms with E-state index in [4.69, 9.17) is 5.73 Å². The Kier molecular flexibility index (Phi) is 5.86. The zero-order chi connectivity index (χ0) is 23.8. The summed E-state index contributed by atoms with van der Waals surface area (Å²) in [6.45, 7) is 1.91. The van der Waals surface area contributed by atoms with Crippen molar-refractivity contribution in [1.82, 2.24) is 0 Å². The van der Waals surface area contributed by atoms with Crippen molar-refractivity contribution in [1.29, 1.82) is 0 Å². The third-order valence-electron chi connectivity index (χ3n) is 5.60. The Balaban J connectivity index is 1.65. The summed E-state index contributed by atoms with van der Waals surface area (Å²) < 4.78 is 24.7. The van der Waals surface area contributed by atoms with Crippen molar-refractivity contribution in [3.63, 3.8) is 0 Å². The summed E-state index contributed by atoms with van der Waals surface area (Å²) in [7, 11) is -3.41. The molecule has 0 atom stereocenters. The van der Waals surface area contributed by atoms with E-state index in [9.17, 15) is 22.8 Å². The Labute approximate surface area is 191 Å². The SMILES string of the molecule is CCCCS(=O)(=O)c1ccc(C(=O)Nc2ccc(N)c3c2C(=O)c2ccccc2C3=O)cc1. The highest BCUT2D eigenvalue weighted by Crippen LogP contribution is 2.35. The van der Waals surface area contributed by atoms with Crippen LogP contribution in [0.15, 0.2) is 65.6 Å². The Bertz CT molecular complexity index is 1390. The van der Waals surface area contributed by atoms with Crippen molar-refractivity contribution >= 4 is 38.7 Å². The van der Waals surface area contributed by atoms with Crippen LogP contribution in [0.4, 0.5) is 11.4 Å². The molecule has 3 aromatic carbocycles. The van der Waals surface area contributed by atoms with Gasteiger partial charge in [-0.05, 0) is 42.8 Å². The van der Waals surface area contributed by atoms with Gasteiger partial charge in [0.05, 0.1) is 27.5 Å². The topological polar surface area (TPSA) is 123 Å². The summed E-state index contributed by atoms with van der Waals surface area (Å²) in [5.74, 6) is -1.28. The van der Waals surface area contributed by atoms with Crippen LogP contribution in [0.1, 0.15) is 62.0 Å². The van der Waals surface area contributed by atoms with Crippen LogP contribution in [-0.2, 0) is 9.84 Å². The van der Waals surface area contributed by atoms with Gasteiger partial charge in [-0.25, -0.2) is 8.42 Å². The van der Waals surface area contributed by atoms with Crippen LogP contribution in [0.2, 0.25) is 0 Å². The number of amides is 1. The number of carbonyl (C=O) groups excluding carboxylic acids is 3. The lowest BCUT2D eigenvalue weighted by Crippen LogP contribution is -2.25. The van der Waals surface area contributed by atoms with E-state index in [0.29, 0.717) is 6.42 Å². The highest BCUT2D eigenvalue weighted by atomic mass is 32.2. The quantitative estimate of drug-likeness (QED) is 0.419. The number of rotatable bonds is 6. The minimum atomic E-state index is -3.41. The van der Waals surface area contributed by atoms with Gasteiger partial charge in [0.2, 0.25) is 0 Å². The van der Waals surface area contributed by atoms with Crippen LogP contribution < -0.4 is 11.1 Å². The normalized spacial score (nSPS) is 12.8. The lowest BCUT2D eigenvalue weighted by Gasteiger charge is -2.21. The molecule has 1 aliphatic carbocycles. The molecule has 0 spiro atoms. The summed E-state index contributed by atoms with van der Waals surface area (Å²) >= 11 is 0. The Morgan fingerprint density at radius 3 is 2.09 bits per heavy atom. The molecule has 33 heavy (non-hydrogen) atoms. The number of hydrogen-bond acceptors (Lipinski definition) is 6. The smallest absolute Gasteiger partial charge is 0.255 e. The van der Waals surface area contributed by atoms with E-state index in [1.807, 2.05) is 6.92 Å². The van der Waals surface area contributed by atoms with Crippen LogP contribution in [-0.4, -0.2) is 31.6 Å². The number of hydrogen-bond donors (Lipinski definition) is 2. The average molecular weight is 463 g/mol. The molecule has 1 aliphatic rings. The molecule has 0 aromatic heterocycles. The van der Waals surface area contributed by atoms with Crippen molar-refractivity contribution < 1.29 is 22.8 Å². The van der Waals surface area contributed by atoms with Crippen LogP contribution >= 0.6 is 0 Å². The molecular weight excluding hydrogens is 440 g/mol. The molecule has 0 aliphatic heterocycles. The van der Waals surface area contributed by atoms with Crippen LogP contribution in [0.3, 0.4) is 0 Å². The van der Waals surface area contributed by atoms with Crippen molar-refractivity contribution in [3.8, 4) is 0 Å². The maximum atomic E-state index is 13.2. The van der Waals surface area contributed by atoms with Gasteiger partial charge in [-0.1, -0.05) is 37.6 Å². The molecule has 1 amide bonds. The zero-order valence-corrected chi connectivity index (χ0v) is 18.7. The van der Waals surface area contributed by atoms with Crippen molar-refractivity contribution in [3.05, 3.63) is 88.5 Å². The highest BCUT2D eigenvalue weighted by molar-refractivity contribution is 7.91. The summed E-state index contributed by atoms with van der Waals surface area (Å²) in [6.07, 6.45) is 1.32. The summed E-state index contributed by atoms with van der Waals surface area (Å²) in [5.41, 5.74) is 7.17. The second kappa shape index (κ2) is 8.63. The molecule has 0 heterocycles. The van der Waals surface area contributed by atoms with Gasteiger partial charge in [-0.15, -0.1) is 0 Å². The molecular formula is C25H22N2O5S. The van der Waals surface area contributed by atoms with E-state index in [-0.39, 0.29) is 55.6 Å². The number of nitrogen functional groups attached to an aromatic ring is 1. The lowest BCUT2D eigenvalue weighted by molar-refractivity contribution is 0.0979. The maximum absolute atomic E-state index is 13.2. The molecule has 0 saturated carbocycles. The molecule has 0 saturated heterocycles. The van der Waals surface area contributed by atoms with Crippen LogP contribution in [0.25, 0.3) is 0 Å². The monoisotopic (exact) mass is 462 g/mol. The van der Waals surface area contributed by atoms with Crippen molar-refractivity contribution in [2.45, 2.75) is 24.7 Å². The van der Waals surface area contributed by atoms with E-state index in [2.05, 4.69) is 5.32 Å². The number of carbonyl (C=O) groups is 3. The minimum Gasteiger partial charge on any atom is -0.398 e. The summed E-state index contributed by atoms with van der Waals surface area (Å²) in [4.78, 5) is 39.2. The third kappa shape index (κ3) is 4.05. The van der Waals surface area contributed by atoms with Gasteiger partial charge in [0.15, 0.2) is 21.4 Å². The first-order valence-corrected chi connectivity index (χ1v) is 12.1. The highest BCUT2D eigenvalue weighted by Gasteiger charge is 2.33. The van der Waals surface area contributed by atoms with E-state index >= 15 is 0 Å². The first-order chi connectivity index (χ1) is 15.7. The van der Waals surface area contributed by atoms with Gasteiger partial charge in [-0.2, -0.15) is 0 Å². The Morgan fingerprint density at radius 1 is 0.879 bits per heavy atom. The molecule has 3 N–H and O–H groups in total. The lowest BCUT2D eigenvalue weighted by atomic mass is 9.82. The number of nitrogens with two attached hydrogens (primary N) is 1. The van der Waals surface area contributed by atoms with Gasteiger partial charge in [0.1, 0.15) is 0 Å². The maximum Gasteiger partial charge on any atom is 0.255 e. The second-order valence-electron chi connectivity index (χ2n) is 7.81. The molecule has 0 fully saturated rings. The number of benzene rings is 3. The largest absolute Gasteiger partial charge is 0.398 e. The van der Waals surface area contributed by atoms with Gasteiger partial charge in [0.25, 0.3) is 5.91 Å². The van der Waals surface area contributed by atoms with E-state index in [1.54, 1.807) is 24.3 Å². The first-order valence-electron chi connectivity index (χ1n) is 10.5. The molecule has 3 aromatic rings. The predicted octanol–water partition coefficient (Wildman–Crippen LogP) is 3.87. The van der Waals surface area contributed by atoms with Gasteiger partial charge in [-0.3, -0.25) is 14.4 Å². The summed E-state index contributed by atoms with van der Waals surface area (Å²) in [6, 6.07) is 15.0. The minimum absolute atomic E-state index is 0.0459. The molecule has 0 bridgehead atoms. The fourth-order valence-electron chi connectivity index (χ4n) is 3.81. The predicted molar refractivity (Wildman–Crippen MR) is 126 cm³/mol. The van der Waals surface area contributed by atoms with Gasteiger partial charge in [0, 0.05) is 22.4 Å². The molecule has 168 valence electrons. The zero-order valence-electron chi connectivity index (χ0n) is 17.9. The second-order valence-corrected chi connectivity index (χ2v) is 9.92. The number of anilines is 2. The Morgan fingerprint density at radius 2 is 1.48 bits per heavy atom. The van der Waals surface area contributed by atoms with E-state index in [1.165, 1.54) is 36.4 Å². The number of ketones is 2. The van der Waals surface area contributed by atoms with Gasteiger partial charge >= 0.3 is 0 Å². The van der Waals surface area contributed by atoms with E-state index < -0.39 is 21.5 Å². The van der Waals surface area contributed by atoms with Crippen LogP contribution in [0, 0.1) is 0 Å². The number of fused-ring (bicyclic) bond motifs is 2. The number of sulfone groups is 1. The molecule has 4 rings (SSSR count). The van der Waals surface area contributed by atoms with Crippen LogP contribution in [0.5, 0.6) is 0 Å².